The van der Waals surface area contributed by atoms with E-state index in [1.807, 2.05) is 9.80 Å². The zero-order valence-electron chi connectivity index (χ0n) is 16.4. The third-order valence-corrected chi connectivity index (χ3v) is 4.89. The summed E-state index contributed by atoms with van der Waals surface area (Å²) in [6.45, 7) is 2.68. The number of anilines is 2. The van der Waals surface area contributed by atoms with Crippen molar-refractivity contribution in [2.45, 2.75) is 6.18 Å². The molecule has 1 aliphatic rings. The van der Waals surface area contributed by atoms with Crippen LogP contribution >= 0.6 is 0 Å². The number of carbonyl (C=O) groups excluding carboxylic acids is 2. The largest absolute Gasteiger partial charge is 0.465 e. The number of benzene rings is 2. The van der Waals surface area contributed by atoms with E-state index in [-0.39, 0.29) is 12.5 Å². The van der Waals surface area contributed by atoms with E-state index in [9.17, 15) is 22.8 Å². The highest BCUT2D eigenvalue weighted by molar-refractivity contribution is 5.94. The predicted molar refractivity (Wildman–Crippen MR) is 107 cm³/mol. The Bertz CT molecular complexity index is 875. The number of methoxy groups -OCH3 is 1. The lowest BCUT2D eigenvalue weighted by molar-refractivity contribution is -0.137. The maximum atomic E-state index is 12.7. The fourth-order valence-corrected chi connectivity index (χ4v) is 3.24. The molecule has 1 N–H and O–H groups in total. The van der Waals surface area contributed by atoms with Crippen molar-refractivity contribution in [1.29, 1.82) is 0 Å². The summed E-state index contributed by atoms with van der Waals surface area (Å²) in [5, 5.41) is 2.78. The molecule has 0 unspecified atom stereocenters. The van der Waals surface area contributed by atoms with Crippen LogP contribution in [0.1, 0.15) is 15.9 Å². The molecular formula is C21H22F3N3O3. The molecule has 0 aliphatic carbocycles. The van der Waals surface area contributed by atoms with Gasteiger partial charge in [-0.15, -0.1) is 0 Å². The Hall–Kier alpha value is -3.07. The van der Waals surface area contributed by atoms with Crippen molar-refractivity contribution >= 4 is 23.3 Å². The highest BCUT2D eigenvalue weighted by Gasteiger charge is 2.30. The number of hydrogen-bond donors (Lipinski definition) is 1. The molecule has 1 fully saturated rings. The van der Waals surface area contributed by atoms with Gasteiger partial charge in [0.05, 0.1) is 24.8 Å². The van der Waals surface area contributed by atoms with Crippen molar-refractivity contribution in [2.75, 3.05) is 50.1 Å². The van der Waals surface area contributed by atoms with E-state index in [2.05, 4.69) is 10.1 Å². The molecule has 9 heteroatoms. The molecule has 1 amide bonds. The van der Waals surface area contributed by atoms with Gasteiger partial charge >= 0.3 is 12.1 Å². The van der Waals surface area contributed by atoms with Gasteiger partial charge in [0, 0.05) is 37.6 Å². The van der Waals surface area contributed by atoms with Gasteiger partial charge in [-0.25, -0.2) is 4.79 Å². The number of piperazine rings is 1. The highest BCUT2D eigenvalue weighted by Crippen LogP contribution is 2.30. The quantitative estimate of drug-likeness (QED) is 0.751. The van der Waals surface area contributed by atoms with Crippen molar-refractivity contribution in [3.63, 3.8) is 0 Å². The summed E-state index contributed by atoms with van der Waals surface area (Å²) in [6, 6.07) is 11.5. The number of nitrogens with zero attached hydrogens (tertiary/aromatic N) is 2. The van der Waals surface area contributed by atoms with Crippen molar-refractivity contribution in [3.8, 4) is 0 Å². The molecule has 0 radical (unpaired) electrons. The molecule has 1 aliphatic heterocycles. The molecule has 0 bridgehead atoms. The first-order valence-electron chi connectivity index (χ1n) is 9.39. The van der Waals surface area contributed by atoms with Gasteiger partial charge in [-0.1, -0.05) is 0 Å². The summed E-state index contributed by atoms with van der Waals surface area (Å²) in [7, 11) is 1.30. The first-order valence-corrected chi connectivity index (χ1v) is 9.39. The number of alkyl halides is 3. The number of halogens is 3. The Kier molecular flexibility index (Phi) is 6.61. The van der Waals surface area contributed by atoms with E-state index in [1.165, 1.54) is 19.2 Å². The van der Waals surface area contributed by atoms with Crippen molar-refractivity contribution in [2.24, 2.45) is 0 Å². The maximum Gasteiger partial charge on any atom is 0.416 e. The number of nitrogens with one attached hydrogen (secondary N) is 1. The zero-order valence-corrected chi connectivity index (χ0v) is 16.4. The molecule has 3 rings (SSSR count). The Labute approximate surface area is 172 Å². The van der Waals surface area contributed by atoms with E-state index in [1.54, 1.807) is 24.3 Å². The molecule has 160 valence electrons. The molecule has 0 spiro atoms. The molecule has 1 saturated heterocycles. The van der Waals surface area contributed by atoms with E-state index in [4.69, 9.17) is 0 Å². The third-order valence-electron chi connectivity index (χ3n) is 4.89. The van der Waals surface area contributed by atoms with Gasteiger partial charge in [-0.05, 0) is 48.5 Å². The van der Waals surface area contributed by atoms with Crippen LogP contribution in [0.5, 0.6) is 0 Å². The van der Waals surface area contributed by atoms with Crippen molar-refractivity contribution in [3.05, 3.63) is 59.7 Å². The number of ether oxygens (including phenoxy) is 1. The summed E-state index contributed by atoms with van der Waals surface area (Å²) < 4.78 is 42.7. The second-order valence-corrected chi connectivity index (χ2v) is 6.92. The summed E-state index contributed by atoms with van der Waals surface area (Å²) in [5.74, 6) is -0.623. The van der Waals surface area contributed by atoms with Gasteiger partial charge in [0.15, 0.2) is 0 Å². The van der Waals surface area contributed by atoms with Gasteiger partial charge in [-0.3, -0.25) is 9.69 Å². The standard InChI is InChI=1S/C21H22F3N3O3/c1-30-20(29)15-2-6-17(7-3-15)25-19(28)14-26-10-12-27(13-11-26)18-8-4-16(5-9-18)21(22,23)24/h2-9H,10-14H2,1H3,(H,25,28). The monoisotopic (exact) mass is 421 g/mol. The number of amides is 1. The zero-order chi connectivity index (χ0) is 21.7. The van der Waals surface area contributed by atoms with Crippen LogP contribution in [0.2, 0.25) is 0 Å². The van der Waals surface area contributed by atoms with E-state index >= 15 is 0 Å². The lowest BCUT2D eigenvalue weighted by Crippen LogP contribution is -2.48. The third kappa shape index (κ3) is 5.50. The fraction of sp³-hybridized carbons (Fsp3) is 0.333. The van der Waals surface area contributed by atoms with Gasteiger partial charge in [-0.2, -0.15) is 13.2 Å². The SMILES string of the molecule is COC(=O)c1ccc(NC(=O)CN2CCN(c3ccc(C(F)(F)F)cc3)CC2)cc1. The van der Waals surface area contributed by atoms with Gasteiger partial charge in [0.2, 0.25) is 5.91 Å². The normalized spacial score (nSPS) is 15.0. The average Bonchev–Trinajstić information content (AvgIpc) is 2.73. The first kappa shape index (κ1) is 21.6. The highest BCUT2D eigenvalue weighted by atomic mass is 19.4. The average molecular weight is 421 g/mol. The Morgan fingerprint density at radius 1 is 0.967 bits per heavy atom. The van der Waals surface area contributed by atoms with Crippen LogP contribution in [0.3, 0.4) is 0 Å². The van der Waals surface area contributed by atoms with E-state index in [0.717, 1.165) is 17.8 Å². The number of carbonyl (C=O) groups is 2. The lowest BCUT2D eigenvalue weighted by Gasteiger charge is -2.35. The van der Waals surface area contributed by atoms with E-state index in [0.29, 0.717) is 37.4 Å². The molecule has 1 heterocycles. The molecule has 30 heavy (non-hydrogen) atoms. The van der Waals surface area contributed by atoms with Crippen LogP contribution in [-0.4, -0.2) is 56.6 Å². The number of rotatable bonds is 5. The minimum absolute atomic E-state index is 0.177. The van der Waals surface area contributed by atoms with Crippen molar-refractivity contribution in [1.82, 2.24) is 4.90 Å². The molecule has 2 aromatic rings. The second kappa shape index (κ2) is 9.17. The van der Waals surface area contributed by atoms with Crippen LogP contribution in [0, 0.1) is 0 Å². The minimum atomic E-state index is -4.34. The maximum absolute atomic E-state index is 12.7. The van der Waals surface area contributed by atoms with Crippen LogP contribution in [-0.2, 0) is 15.7 Å². The molecule has 0 saturated carbocycles. The Morgan fingerprint density at radius 3 is 2.10 bits per heavy atom. The van der Waals surface area contributed by atoms with Crippen LogP contribution in [0.25, 0.3) is 0 Å². The van der Waals surface area contributed by atoms with Crippen LogP contribution in [0.4, 0.5) is 24.5 Å². The van der Waals surface area contributed by atoms with Crippen LogP contribution in [0.15, 0.2) is 48.5 Å². The van der Waals surface area contributed by atoms with Crippen molar-refractivity contribution < 1.29 is 27.5 Å². The summed E-state index contributed by atoms with van der Waals surface area (Å²) >= 11 is 0. The Morgan fingerprint density at radius 2 is 1.57 bits per heavy atom. The predicted octanol–water partition coefficient (Wildman–Crippen LogP) is 3.25. The summed E-state index contributed by atoms with van der Waals surface area (Å²) in [4.78, 5) is 27.7. The topological polar surface area (TPSA) is 61.9 Å². The number of esters is 1. The first-order chi connectivity index (χ1) is 14.3. The molecule has 0 aromatic heterocycles. The molecular weight excluding hydrogens is 399 g/mol. The summed E-state index contributed by atoms with van der Waals surface area (Å²) in [6.07, 6.45) is -4.34. The summed E-state index contributed by atoms with van der Waals surface area (Å²) in [5.41, 5.74) is 1.05. The minimum Gasteiger partial charge on any atom is -0.465 e. The van der Waals surface area contributed by atoms with Gasteiger partial charge in [0.1, 0.15) is 0 Å². The molecule has 0 atom stereocenters. The number of hydrogen-bond acceptors (Lipinski definition) is 5. The Balaban J connectivity index is 1.47. The lowest BCUT2D eigenvalue weighted by atomic mass is 10.1. The smallest absolute Gasteiger partial charge is 0.416 e. The van der Waals surface area contributed by atoms with E-state index < -0.39 is 17.7 Å². The molecule has 6 nitrogen and oxygen atoms in total. The molecule has 2 aromatic carbocycles. The fourth-order valence-electron chi connectivity index (χ4n) is 3.24. The van der Waals surface area contributed by atoms with Gasteiger partial charge in [0.25, 0.3) is 0 Å². The van der Waals surface area contributed by atoms with Gasteiger partial charge < -0.3 is 15.0 Å². The second-order valence-electron chi connectivity index (χ2n) is 6.92. The van der Waals surface area contributed by atoms with Crippen LogP contribution < -0.4 is 10.2 Å².